The molecule has 92 valence electrons. The Bertz CT molecular complexity index is 254. The molecular weight excluding hydrogens is 200 g/mol. The van der Waals surface area contributed by atoms with Crippen LogP contribution in [-0.2, 0) is 0 Å². The molecule has 0 N–H and O–H groups in total. The maximum Gasteiger partial charge on any atom is 0.320 e. The third-order valence-corrected chi connectivity index (χ3v) is 4.02. The first kappa shape index (κ1) is 11.7. The summed E-state index contributed by atoms with van der Waals surface area (Å²) >= 11 is 0. The molecule has 0 aromatic carbocycles. The van der Waals surface area contributed by atoms with Crippen molar-refractivity contribution in [1.82, 2.24) is 9.80 Å². The maximum absolute atomic E-state index is 12.4. The van der Waals surface area contributed by atoms with E-state index in [-0.39, 0.29) is 0 Å². The highest BCUT2D eigenvalue weighted by Gasteiger charge is 2.31. The molecule has 2 amide bonds. The third kappa shape index (κ3) is 2.33. The lowest BCUT2D eigenvalue weighted by Gasteiger charge is -2.36. The van der Waals surface area contributed by atoms with Gasteiger partial charge in [0, 0.05) is 25.7 Å². The largest absolute Gasteiger partial charge is 0.324 e. The smallest absolute Gasteiger partial charge is 0.320 e. The predicted octanol–water partition coefficient (Wildman–Crippen LogP) is 2.71. The predicted molar refractivity (Wildman–Crippen MR) is 65.4 cm³/mol. The number of carbonyl (C=O) groups is 1. The topological polar surface area (TPSA) is 23.6 Å². The van der Waals surface area contributed by atoms with Crippen LogP contribution in [0.3, 0.4) is 0 Å². The Morgan fingerprint density at radius 3 is 2.69 bits per heavy atom. The summed E-state index contributed by atoms with van der Waals surface area (Å²) in [7, 11) is 0. The highest BCUT2D eigenvalue weighted by molar-refractivity contribution is 5.75. The van der Waals surface area contributed by atoms with Crippen LogP contribution in [0.1, 0.15) is 46.0 Å². The summed E-state index contributed by atoms with van der Waals surface area (Å²) in [5.74, 6) is 0.681. The highest BCUT2D eigenvalue weighted by atomic mass is 16.2. The fourth-order valence-electron chi connectivity index (χ4n) is 3.06. The number of nitrogens with zero attached hydrogens (tertiary/aromatic N) is 2. The molecule has 2 fully saturated rings. The second-order valence-corrected chi connectivity index (χ2v) is 5.37. The van der Waals surface area contributed by atoms with Crippen molar-refractivity contribution in [3.05, 3.63) is 0 Å². The van der Waals surface area contributed by atoms with Crippen molar-refractivity contribution in [2.24, 2.45) is 5.92 Å². The zero-order valence-corrected chi connectivity index (χ0v) is 10.6. The van der Waals surface area contributed by atoms with Crippen molar-refractivity contribution in [3.63, 3.8) is 0 Å². The van der Waals surface area contributed by atoms with Gasteiger partial charge in [-0.1, -0.05) is 13.8 Å². The molecule has 2 saturated heterocycles. The maximum atomic E-state index is 12.4. The average molecular weight is 224 g/mol. The van der Waals surface area contributed by atoms with E-state index >= 15 is 0 Å². The normalized spacial score (nSPS) is 30.9. The number of amides is 2. The minimum absolute atomic E-state index is 0.302. The van der Waals surface area contributed by atoms with Gasteiger partial charge in [-0.15, -0.1) is 0 Å². The first-order chi connectivity index (χ1) is 7.72. The van der Waals surface area contributed by atoms with Gasteiger partial charge in [-0.2, -0.15) is 0 Å². The van der Waals surface area contributed by atoms with E-state index in [2.05, 4.69) is 23.6 Å². The van der Waals surface area contributed by atoms with Crippen LogP contribution in [0.25, 0.3) is 0 Å². The molecule has 0 spiro atoms. The monoisotopic (exact) mass is 224 g/mol. The van der Waals surface area contributed by atoms with Crippen LogP contribution < -0.4 is 0 Å². The Morgan fingerprint density at radius 1 is 1.25 bits per heavy atom. The summed E-state index contributed by atoms with van der Waals surface area (Å²) in [6.45, 7) is 7.35. The second-order valence-electron chi connectivity index (χ2n) is 5.37. The van der Waals surface area contributed by atoms with Gasteiger partial charge in [0.1, 0.15) is 0 Å². The number of urea groups is 1. The van der Waals surface area contributed by atoms with E-state index in [0.29, 0.717) is 18.0 Å². The molecule has 2 aliphatic rings. The van der Waals surface area contributed by atoms with Gasteiger partial charge in [0.05, 0.1) is 0 Å². The van der Waals surface area contributed by atoms with Gasteiger partial charge >= 0.3 is 6.03 Å². The number of likely N-dealkylation sites (tertiary alicyclic amines) is 2. The summed E-state index contributed by atoms with van der Waals surface area (Å²) in [6.07, 6.45) is 5.95. The van der Waals surface area contributed by atoms with Crippen molar-refractivity contribution in [2.45, 2.75) is 52.0 Å². The molecule has 0 radical (unpaired) electrons. The van der Waals surface area contributed by atoms with Gasteiger partial charge in [0.2, 0.25) is 0 Å². The molecule has 2 atom stereocenters. The van der Waals surface area contributed by atoms with E-state index in [4.69, 9.17) is 0 Å². The van der Waals surface area contributed by atoms with Crippen LogP contribution in [0.2, 0.25) is 0 Å². The molecule has 0 aromatic heterocycles. The molecule has 0 aromatic rings. The average Bonchev–Trinajstić information content (AvgIpc) is 2.76. The van der Waals surface area contributed by atoms with Gasteiger partial charge in [0.15, 0.2) is 0 Å². The first-order valence-electron chi connectivity index (χ1n) is 6.78. The van der Waals surface area contributed by atoms with Crippen molar-refractivity contribution < 1.29 is 4.79 Å². The van der Waals surface area contributed by atoms with E-state index in [1.165, 1.54) is 25.7 Å². The molecule has 2 aliphatic heterocycles. The number of hydrogen-bond acceptors (Lipinski definition) is 1. The fourth-order valence-corrected chi connectivity index (χ4v) is 3.06. The molecule has 2 unspecified atom stereocenters. The van der Waals surface area contributed by atoms with Crippen LogP contribution in [0.15, 0.2) is 0 Å². The van der Waals surface area contributed by atoms with E-state index in [1.54, 1.807) is 0 Å². The van der Waals surface area contributed by atoms with Crippen LogP contribution in [0.5, 0.6) is 0 Å². The zero-order valence-electron chi connectivity index (χ0n) is 10.6. The number of piperidine rings is 1. The van der Waals surface area contributed by atoms with E-state index in [9.17, 15) is 4.79 Å². The molecule has 2 heterocycles. The van der Waals surface area contributed by atoms with E-state index in [0.717, 1.165) is 26.1 Å². The fraction of sp³-hybridized carbons (Fsp3) is 0.923. The van der Waals surface area contributed by atoms with Crippen LogP contribution in [0.4, 0.5) is 4.79 Å². The van der Waals surface area contributed by atoms with Crippen LogP contribution in [0, 0.1) is 5.92 Å². The minimum Gasteiger partial charge on any atom is -0.324 e. The van der Waals surface area contributed by atoms with Crippen LogP contribution >= 0.6 is 0 Å². The number of hydrogen-bond donors (Lipinski definition) is 0. The molecule has 0 saturated carbocycles. The van der Waals surface area contributed by atoms with Gasteiger partial charge in [-0.25, -0.2) is 4.79 Å². The summed E-state index contributed by atoms with van der Waals surface area (Å²) in [6, 6.07) is 0.806. The lowest BCUT2D eigenvalue weighted by molar-refractivity contribution is 0.126. The number of carbonyl (C=O) groups excluding carboxylic acids is 1. The summed E-state index contributed by atoms with van der Waals surface area (Å²) in [5.41, 5.74) is 0. The van der Waals surface area contributed by atoms with Gasteiger partial charge in [0.25, 0.3) is 0 Å². The molecule has 0 bridgehead atoms. The van der Waals surface area contributed by atoms with Gasteiger partial charge < -0.3 is 9.80 Å². The first-order valence-corrected chi connectivity index (χ1v) is 6.78. The van der Waals surface area contributed by atoms with Crippen molar-refractivity contribution in [1.29, 1.82) is 0 Å². The number of rotatable bonds is 1. The van der Waals surface area contributed by atoms with Crippen LogP contribution in [-0.4, -0.2) is 41.5 Å². The summed E-state index contributed by atoms with van der Waals surface area (Å²) < 4.78 is 0. The minimum atomic E-state index is 0.302. The van der Waals surface area contributed by atoms with Gasteiger partial charge in [-0.3, -0.25) is 0 Å². The Balaban J connectivity index is 1.95. The van der Waals surface area contributed by atoms with Crippen molar-refractivity contribution in [3.8, 4) is 0 Å². The Kier molecular flexibility index (Phi) is 3.72. The standard InChI is InChI=1S/C13H24N2O/c1-3-12-7-5-9-15(12)13(16)14-8-4-6-11(2)10-14/h11-12H,3-10H2,1-2H3. The second kappa shape index (κ2) is 5.07. The van der Waals surface area contributed by atoms with Gasteiger partial charge in [-0.05, 0) is 38.0 Å². The molecular formula is C13H24N2O. The quantitative estimate of drug-likeness (QED) is 0.672. The molecule has 16 heavy (non-hydrogen) atoms. The highest BCUT2D eigenvalue weighted by Crippen LogP contribution is 2.24. The lowest BCUT2D eigenvalue weighted by Crippen LogP contribution is -2.48. The summed E-state index contributed by atoms with van der Waals surface area (Å²) in [4.78, 5) is 16.5. The third-order valence-electron chi connectivity index (χ3n) is 4.02. The van der Waals surface area contributed by atoms with E-state index in [1.807, 2.05) is 0 Å². The molecule has 3 heteroatoms. The molecule has 2 rings (SSSR count). The summed E-state index contributed by atoms with van der Waals surface area (Å²) in [5, 5.41) is 0. The zero-order chi connectivity index (χ0) is 11.5. The lowest BCUT2D eigenvalue weighted by atomic mass is 10.0. The van der Waals surface area contributed by atoms with Crippen molar-refractivity contribution >= 4 is 6.03 Å². The Morgan fingerprint density at radius 2 is 2.00 bits per heavy atom. The Labute approximate surface area is 98.8 Å². The van der Waals surface area contributed by atoms with E-state index < -0.39 is 0 Å². The SMILES string of the molecule is CCC1CCCN1C(=O)N1CCCC(C)C1. The molecule has 3 nitrogen and oxygen atoms in total. The molecule has 0 aliphatic carbocycles. The Hall–Kier alpha value is -0.730. The van der Waals surface area contributed by atoms with Crippen molar-refractivity contribution in [2.75, 3.05) is 19.6 Å².